The predicted octanol–water partition coefficient (Wildman–Crippen LogP) is 2.64. The number of carboxylic acid groups (broad SMARTS) is 1. The summed E-state index contributed by atoms with van der Waals surface area (Å²) in [6.07, 6.45) is 0. The van der Waals surface area contributed by atoms with Crippen LogP contribution in [-0.2, 0) is 0 Å². The van der Waals surface area contributed by atoms with Crippen LogP contribution in [0, 0.1) is 0 Å². The molecule has 0 saturated heterocycles. The first-order chi connectivity index (χ1) is 10.7. The van der Waals surface area contributed by atoms with Gasteiger partial charge in [0.2, 0.25) is 0 Å². The lowest BCUT2D eigenvalue weighted by atomic mass is 10.0. The summed E-state index contributed by atoms with van der Waals surface area (Å²) >= 11 is 0. The molecule has 2 heterocycles. The Morgan fingerprint density at radius 2 is 1.82 bits per heavy atom. The summed E-state index contributed by atoms with van der Waals surface area (Å²) in [6.45, 7) is 0. The average molecular weight is 290 g/mol. The first-order valence-corrected chi connectivity index (χ1v) is 6.67. The highest BCUT2D eigenvalue weighted by atomic mass is 16.4. The average Bonchev–Trinajstić information content (AvgIpc) is 3.04. The molecular weight excluding hydrogens is 280 g/mol. The molecule has 0 unspecified atom stereocenters. The van der Waals surface area contributed by atoms with Gasteiger partial charge < -0.3 is 5.11 Å². The van der Waals surface area contributed by atoms with E-state index in [-0.39, 0.29) is 11.2 Å². The van der Waals surface area contributed by atoms with Crippen molar-refractivity contribution in [1.82, 2.24) is 20.0 Å². The normalized spacial score (nSPS) is 11.1. The maximum absolute atomic E-state index is 11.4. The molecule has 0 spiro atoms. The third kappa shape index (κ3) is 1.81. The maximum Gasteiger partial charge on any atom is 0.339 e. The Kier molecular flexibility index (Phi) is 2.62. The lowest BCUT2D eigenvalue weighted by molar-refractivity contribution is 0.0698. The van der Waals surface area contributed by atoms with E-state index in [0.717, 1.165) is 22.0 Å². The highest BCUT2D eigenvalue weighted by molar-refractivity contribution is 6.00. The Morgan fingerprint density at radius 3 is 2.59 bits per heavy atom. The highest BCUT2D eigenvalue weighted by Crippen LogP contribution is 2.26. The molecule has 0 fully saturated rings. The number of benzene rings is 2. The fraction of sp³-hybridized carbons (Fsp3) is 0. The van der Waals surface area contributed by atoms with Crippen molar-refractivity contribution in [2.45, 2.75) is 0 Å². The van der Waals surface area contributed by atoms with Gasteiger partial charge in [0, 0.05) is 5.39 Å². The number of tetrazole rings is 1. The molecule has 106 valence electrons. The van der Waals surface area contributed by atoms with Gasteiger partial charge in [-0.1, -0.05) is 36.4 Å². The van der Waals surface area contributed by atoms with Gasteiger partial charge >= 0.3 is 5.97 Å². The number of nitrogens with zero attached hydrogens (tertiary/aromatic N) is 4. The summed E-state index contributed by atoms with van der Waals surface area (Å²) < 4.78 is 1.45. The molecule has 0 bridgehead atoms. The van der Waals surface area contributed by atoms with Crippen molar-refractivity contribution in [1.29, 1.82) is 0 Å². The van der Waals surface area contributed by atoms with Crippen molar-refractivity contribution >= 4 is 22.5 Å². The molecule has 6 heteroatoms. The molecule has 0 aliphatic carbocycles. The van der Waals surface area contributed by atoms with E-state index in [4.69, 9.17) is 0 Å². The van der Waals surface area contributed by atoms with Crippen molar-refractivity contribution in [3.63, 3.8) is 0 Å². The standard InChI is InChI=1S/C16H10N4O2/c21-16(22)13-9-12-8-11(10-4-2-1-3-5-10)6-7-14(12)20-15(13)17-18-19-20/h1-9H,(H,21,22). The third-order valence-corrected chi connectivity index (χ3v) is 3.60. The van der Waals surface area contributed by atoms with Gasteiger partial charge in [0.05, 0.1) is 5.52 Å². The summed E-state index contributed by atoms with van der Waals surface area (Å²) in [5.74, 6) is -1.05. The van der Waals surface area contributed by atoms with E-state index in [1.807, 2.05) is 48.5 Å². The van der Waals surface area contributed by atoms with E-state index in [0.29, 0.717) is 0 Å². The first kappa shape index (κ1) is 12.5. The second-order valence-electron chi connectivity index (χ2n) is 4.92. The lowest BCUT2D eigenvalue weighted by Gasteiger charge is -2.06. The molecule has 0 atom stereocenters. The SMILES string of the molecule is O=C(O)c1cc2cc(-c3ccccc3)ccc2n2nnnc12. The Labute approximate surface area is 124 Å². The number of hydrogen-bond donors (Lipinski definition) is 1. The van der Waals surface area contributed by atoms with Crippen LogP contribution >= 0.6 is 0 Å². The summed E-state index contributed by atoms with van der Waals surface area (Å²) in [5, 5.41) is 21.4. The van der Waals surface area contributed by atoms with Crippen molar-refractivity contribution in [3.8, 4) is 11.1 Å². The third-order valence-electron chi connectivity index (χ3n) is 3.60. The number of rotatable bonds is 2. The number of carbonyl (C=O) groups is 1. The molecule has 0 aliphatic heterocycles. The summed E-state index contributed by atoms with van der Waals surface area (Å²) in [4.78, 5) is 11.4. The smallest absolute Gasteiger partial charge is 0.339 e. The first-order valence-electron chi connectivity index (χ1n) is 6.67. The number of pyridine rings is 1. The number of aromatic nitrogens is 4. The molecule has 1 N–H and O–H groups in total. The van der Waals surface area contributed by atoms with Gasteiger partial charge in [0.15, 0.2) is 5.65 Å². The van der Waals surface area contributed by atoms with Crippen molar-refractivity contribution in [2.75, 3.05) is 0 Å². The van der Waals surface area contributed by atoms with E-state index >= 15 is 0 Å². The van der Waals surface area contributed by atoms with Gasteiger partial charge in [-0.25, -0.2) is 4.79 Å². The van der Waals surface area contributed by atoms with Crippen LogP contribution in [0.4, 0.5) is 0 Å². The Balaban J connectivity index is 2.04. The lowest BCUT2D eigenvalue weighted by Crippen LogP contribution is -2.02. The second kappa shape index (κ2) is 4.63. The van der Waals surface area contributed by atoms with Gasteiger partial charge in [-0.2, -0.15) is 4.52 Å². The van der Waals surface area contributed by atoms with E-state index in [1.165, 1.54) is 4.52 Å². The van der Waals surface area contributed by atoms with Crippen molar-refractivity contribution in [3.05, 3.63) is 60.2 Å². The number of carboxylic acids is 1. The number of aromatic carboxylic acids is 1. The molecule has 0 radical (unpaired) electrons. The highest BCUT2D eigenvalue weighted by Gasteiger charge is 2.15. The van der Waals surface area contributed by atoms with Crippen LogP contribution in [0.5, 0.6) is 0 Å². The van der Waals surface area contributed by atoms with E-state index in [1.54, 1.807) is 6.07 Å². The van der Waals surface area contributed by atoms with E-state index in [9.17, 15) is 9.90 Å². The molecule has 4 aromatic rings. The Morgan fingerprint density at radius 1 is 1.00 bits per heavy atom. The van der Waals surface area contributed by atoms with Crippen LogP contribution in [0.2, 0.25) is 0 Å². The Bertz CT molecular complexity index is 1010. The van der Waals surface area contributed by atoms with Crippen LogP contribution in [-0.4, -0.2) is 31.1 Å². The van der Waals surface area contributed by atoms with E-state index < -0.39 is 5.97 Å². The monoisotopic (exact) mass is 290 g/mol. The quantitative estimate of drug-likeness (QED) is 0.614. The molecule has 22 heavy (non-hydrogen) atoms. The zero-order valence-corrected chi connectivity index (χ0v) is 11.3. The van der Waals surface area contributed by atoms with Crippen LogP contribution < -0.4 is 0 Å². The van der Waals surface area contributed by atoms with Gasteiger partial charge in [-0.05, 0) is 39.8 Å². The van der Waals surface area contributed by atoms with Crippen molar-refractivity contribution in [2.24, 2.45) is 0 Å². The molecule has 4 rings (SSSR count). The van der Waals surface area contributed by atoms with Gasteiger partial charge in [-0.3, -0.25) is 0 Å². The van der Waals surface area contributed by atoms with Crippen LogP contribution in [0.1, 0.15) is 10.4 Å². The summed E-state index contributed by atoms with van der Waals surface area (Å²) in [6, 6.07) is 17.3. The number of fused-ring (bicyclic) bond motifs is 3. The topological polar surface area (TPSA) is 80.4 Å². The molecule has 2 aromatic heterocycles. The van der Waals surface area contributed by atoms with Crippen molar-refractivity contribution < 1.29 is 9.90 Å². The fourth-order valence-corrected chi connectivity index (χ4v) is 2.57. The van der Waals surface area contributed by atoms with Crippen LogP contribution in [0.3, 0.4) is 0 Å². The summed E-state index contributed by atoms with van der Waals surface area (Å²) in [7, 11) is 0. The Hall–Kier alpha value is -3.28. The number of hydrogen-bond acceptors (Lipinski definition) is 4. The molecular formula is C16H10N4O2. The van der Waals surface area contributed by atoms with Gasteiger partial charge in [0.1, 0.15) is 5.56 Å². The maximum atomic E-state index is 11.4. The van der Waals surface area contributed by atoms with E-state index in [2.05, 4.69) is 15.5 Å². The fourth-order valence-electron chi connectivity index (χ4n) is 2.57. The molecule has 0 amide bonds. The van der Waals surface area contributed by atoms with Gasteiger partial charge in [-0.15, -0.1) is 5.10 Å². The van der Waals surface area contributed by atoms with Crippen LogP contribution in [0.25, 0.3) is 27.7 Å². The zero-order chi connectivity index (χ0) is 15.1. The largest absolute Gasteiger partial charge is 0.478 e. The molecule has 0 saturated carbocycles. The van der Waals surface area contributed by atoms with Gasteiger partial charge in [0.25, 0.3) is 0 Å². The summed E-state index contributed by atoms with van der Waals surface area (Å²) in [5.41, 5.74) is 3.18. The predicted molar refractivity (Wildman–Crippen MR) is 80.7 cm³/mol. The molecule has 2 aromatic carbocycles. The molecule has 0 aliphatic rings. The minimum atomic E-state index is -1.05. The minimum absolute atomic E-state index is 0.0858. The second-order valence-corrected chi connectivity index (χ2v) is 4.92. The zero-order valence-electron chi connectivity index (χ0n) is 11.3. The minimum Gasteiger partial charge on any atom is -0.478 e. The van der Waals surface area contributed by atoms with Crippen LogP contribution in [0.15, 0.2) is 54.6 Å². The molecule has 6 nitrogen and oxygen atoms in total.